The summed E-state index contributed by atoms with van der Waals surface area (Å²) >= 11 is 5.85. The van der Waals surface area contributed by atoms with Crippen LogP contribution in [0.1, 0.15) is 30.6 Å². The highest BCUT2D eigenvalue weighted by molar-refractivity contribution is 6.30. The molecule has 0 radical (unpaired) electrons. The molecule has 3 heterocycles. The molecule has 0 saturated carbocycles. The number of anilines is 1. The van der Waals surface area contributed by atoms with E-state index in [0.29, 0.717) is 24.7 Å². The molecule has 2 aromatic heterocycles. The maximum Gasteiger partial charge on any atom is 0.251 e. The highest BCUT2D eigenvalue weighted by Gasteiger charge is 2.33. The molecule has 162 valence electrons. The normalized spacial score (nSPS) is 19.0. The lowest BCUT2D eigenvalue weighted by Gasteiger charge is -2.26. The number of aromatic amines is 1. The molecule has 1 fully saturated rings. The number of hydrogen-bond acceptors (Lipinski definition) is 5. The van der Waals surface area contributed by atoms with Crippen LogP contribution in [0.15, 0.2) is 47.4 Å². The number of H-pyrrole nitrogens is 1. The van der Waals surface area contributed by atoms with Crippen molar-refractivity contribution in [3.8, 4) is 11.4 Å². The Morgan fingerprint density at radius 3 is 2.84 bits per heavy atom. The number of aromatic nitrogens is 3. The SMILES string of the molecule is CCc1cc(=O)[nH]c(-c2ccc(NCC3CCN(C)C3c3ccc(Cl)c(F)c3)nc2)n1. The van der Waals surface area contributed by atoms with Gasteiger partial charge in [-0.25, -0.2) is 14.4 Å². The van der Waals surface area contributed by atoms with Crippen LogP contribution < -0.4 is 10.9 Å². The van der Waals surface area contributed by atoms with Gasteiger partial charge in [-0.2, -0.15) is 0 Å². The number of hydrogen-bond donors (Lipinski definition) is 2. The van der Waals surface area contributed by atoms with Crippen LogP contribution in [0.25, 0.3) is 11.4 Å². The first-order chi connectivity index (χ1) is 14.9. The molecule has 0 bridgehead atoms. The Kier molecular flexibility index (Phi) is 6.34. The maximum absolute atomic E-state index is 14.0. The van der Waals surface area contributed by atoms with Gasteiger partial charge in [-0.15, -0.1) is 0 Å². The topological polar surface area (TPSA) is 73.9 Å². The molecule has 8 heteroatoms. The Labute approximate surface area is 185 Å². The molecular weight excluding hydrogens is 417 g/mol. The Morgan fingerprint density at radius 1 is 1.29 bits per heavy atom. The first-order valence-corrected chi connectivity index (χ1v) is 10.8. The largest absolute Gasteiger partial charge is 0.370 e. The van der Waals surface area contributed by atoms with Gasteiger partial charge < -0.3 is 10.3 Å². The van der Waals surface area contributed by atoms with Crippen LogP contribution in [0, 0.1) is 11.7 Å². The lowest BCUT2D eigenvalue weighted by Crippen LogP contribution is -2.25. The summed E-state index contributed by atoms with van der Waals surface area (Å²) in [4.78, 5) is 25.8. The molecule has 2 unspecified atom stereocenters. The van der Waals surface area contributed by atoms with Crippen LogP contribution in [-0.2, 0) is 6.42 Å². The second-order valence-corrected chi connectivity index (χ2v) is 8.31. The van der Waals surface area contributed by atoms with Crippen LogP contribution in [0.3, 0.4) is 0 Å². The number of rotatable bonds is 6. The van der Waals surface area contributed by atoms with Crippen molar-refractivity contribution in [3.05, 3.63) is 75.0 Å². The summed E-state index contributed by atoms with van der Waals surface area (Å²) in [5.74, 6) is 1.19. The summed E-state index contributed by atoms with van der Waals surface area (Å²) in [6.45, 7) is 3.62. The van der Waals surface area contributed by atoms with Crippen molar-refractivity contribution in [2.24, 2.45) is 5.92 Å². The number of pyridine rings is 1. The van der Waals surface area contributed by atoms with Crippen molar-refractivity contribution in [2.75, 3.05) is 25.5 Å². The van der Waals surface area contributed by atoms with Gasteiger partial charge in [0.2, 0.25) is 0 Å². The zero-order valence-corrected chi connectivity index (χ0v) is 18.3. The third-order valence-corrected chi connectivity index (χ3v) is 6.10. The van der Waals surface area contributed by atoms with Gasteiger partial charge in [0.1, 0.15) is 17.5 Å². The molecule has 6 nitrogen and oxygen atoms in total. The lowest BCUT2D eigenvalue weighted by molar-refractivity contribution is 0.281. The zero-order valence-electron chi connectivity index (χ0n) is 17.5. The Morgan fingerprint density at radius 2 is 2.13 bits per heavy atom. The van der Waals surface area contributed by atoms with Crippen molar-refractivity contribution in [2.45, 2.75) is 25.8 Å². The summed E-state index contributed by atoms with van der Waals surface area (Å²) in [6.07, 6.45) is 3.40. The summed E-state index contributed by atoms with van der Waals surface area (Å²) < 4.78 is 14.0. The van der Waals surface area contributed by atoms with Gasteiger partial charge >= 0.3 is 0 Å². The minimum atomic E-state index is -0.387. The van der Waals surface area contributed by atoms with E-state index in [1.807, 2.05) is 25.1 Å². The van der Waals surface area contributed by atoms with E-state index in [0.717, 1.165) is 35.6 Å². The molecular formula is C23H25ClFN5O. The van der Waals surface area contributed by atoms with Crippen molar-refractivity contribution in [3.63, 3.8) is 0 Å². The van der Waals surface area contributed by atoms with Crippen molar-refractivity contribution < 1.29 is 4.39 Å². The highest BCUT2D eigenvalue weighted by Crippen LogP contribution is 2.37. The molecule has 3 aromatic rings. The monoisotopic (exact) mass is 441 g/mol. The maximum atomic E-state index is 14.0. The summed E-state index contributed by atoms with van der Waals surface area (Å²) in [5, 5.41) is 3.54. The number of aryl methyl sites for hydroxylation is 1. The number of nitrogens with zero attached hydrogens (tertiary/aromatic N) is 3. The molecule has 0 aliphatic carbocycles. The highest BCUT2D eigenvalue weighted by atomic mass is 35.5. The van der Waals surface area contributed by atoms with Gasteiger partial charge in [0, 0.05) is 36.1 Å². The molecule has 4 rings (SSSR count). The van der Waals surface area contributed by atoms with Crippen LogP contribution >= 0.6 is 11.6 Å². The fraction of sp³-hybridized carbons (Fsp3) is 0.348. The van der Waals surface area contributed by atoms with Crippen LogP contribution in [0.5, 0.6) is 0 Å². The molecule has 2 N–H and O–H groups in total. The van der Waals surface area contributed by atoms with Crippen LogP contribution in [0.4, 0.5) is 10.2 Å². The molecule has 1 saturated heterocycles. The van der Waals surface area contributed by atoms with E-state index < -0.39 is 0 Å². The van der Waals surface area contributed by atoms with E-state index in [4.69, 9.17) is 11.6 Å². The predicted molar refractivity (Wildman–Crippen MR) is 121 cm³/mol. The fourth-order valence-electron chi connectivity index (χ4n) is 4.16. The van der Waals surface area contributed by atoms with Crippen LogP contribution in [0.2, 0.25) is 5.02 Å². The molecule has 1 aliphatic heterocycles. The van der Waals surface area contributed by atoms with E-state index >= 15 is 0 Å². The van der Waals surface area contributed by atoms with Crippen molar-refractivity contribution in [1.29, 1.82) is 0 Å². The predicted octanol–water partition coefficient (Wildman–Crippen LogP) is 4.29. The quantitative estimate of drug-likeness (QED) is 0.596. The fourth-order valence-corrected chi connectivity index (χ4v) is 4.28. The van der Waals surface area contributed by atoms with E-state index in [2.05, 4.69) is 32.2 Å². The standard InChI is InChI=1S/C23H25ClFN5O/c1-3-17-11-21(31)29-23(28-17)16-5-7-20(27-13-16)26-12-15-8-9-30(2)22(15)14-4-6-18(24)19(25)10-14/h4-7,10-11,13,15,22H,3,8-9,12H2,1-2H3,(H,26,27)(H,28,29,31). The van der Waals surface area contributed by atoms with Gasteiger partial charge in [-0.3, -0.25) is 9.69 Å². The number of halogens is 2. The lowest BCUT2D eigenvalue weighted by atomic mass is 9.93. The molecule has 0 amide bonds. The first-order valence-electron chi connectivity index (χ1n) is 10.4. The minimum Gasteiger partial charge on any atom is -0.370 e. The summed E-state index contributed by atoms with van der Waals surface area (Å²) in [6, 6.07) is 10.4. The average Bonchev–Trinajstić information content (AvgIpc) is 3.14. The van der Waals surface area contributed by atoms with Gasteiger partial charge in [0.25, 0.3) is 5.56 Å². The first kappa shape index (κ1) is 21.5. The van der Waals surface area contributed by atoms with E-state index in [9.17, 15) is 9.18 Å². The van der Waals surface area contributed by atoms with Crippen molar-refractivity contribution >= 4 is 17.4 Å². The van der Waals surface area contributed by atoms with Gasteiger partial charge in [0.15, 0.2) is 0 Å². The summed E-state index contributed by atoms with van der Waals surface area (Å²) in [7, 11) is 2.06. The van der Waals surface area contributed by atoms with E-state index in [1.54, 1.807) is 12.3 Å². The minimum absolute atomic E-state index is 0.115. The zero-order chi connectivity index (χ0) is 22.0. The van der Waals surface area contributed by atoms with E-state index in [1.165, 1.54) is 12.1 Å². The third kappa shape index (κ3) is 4.78. The molecule has 1 aliphatic rings. The average molecular weight is 442 g/mol. The van der Waals surface area contributed by atoms with Crippen LogP contribution in [-0.4, -0.2) is 40.0 Å². The Bertz CT molecular complexity index is 1120. The molecule has 0 spiro atoms. The van der Waals surface area contributed by atoms with Crippen molar-refractivity contribution in [1.82, 2.24) is 19.9 Å². The Hall–Kier alpha value is -2.77. The second kappa shape index (κ2) is 9.16. The molecule has 1 aromatic carbocycles. The molecule has 2 atom stereocenters. The number of likely N-dealkylation sites (tertiary alicyclic amines) is 1. The number of nitrogens with one attached hydrogen (secondary N) is 2. The van der Waals surface area contributed by atoms with Gasteiger partial charge in [-0.1, -0.05) is 24.6 Å². The Balaban J connectivity index is 1.45. The molecule has 31 heavy (non-hydrogen) atoms. The third-order valence-electron chi connectivity index (χ3n) is 5.80. The van der Waals surface area contributed by atoms with Gasteiger partial charge in [0.05, 0.1) is 5.02 Å². The van der Waals surface area contributed by atoms with E-state index in [-0.39, 0.29) is 22.4 Å². The second-order valence-electron chi connectivity index (χ2n) is 7.90. The van der Waals surface area contributed by atoms with Gasteiger partial charge in [-0.05, 0) is 62.2 Å². The smallest absolute Gasteiger partial charge is 0.251 e. The summed E-state index contributed by atoms with van der Waals surface area (Å²) in [5.41, 5.74) is 2.27. The number of benzene rings is 1.